The highest BCUT2D eigenvalue weighted by Crippen LogP contribution is 2.63. The van der Waals surface area contributed by atoms with Crippen molar-refractivity contribution in [3.63, 3.8) is 0 Å². The topological polar surface area (TPSA) is 15.7 Å². The van der Waals surface area contributed by atoms with Crippen LogP contribution in [0, 0.1) is 0 Å². The number of ether oxygens (including phenoxy) is 1. The third kappa shape index (κ3) is 4.23. The molecule has 0 atom stereocenters. The van der Waals surface area contributed by atoms with E-state index in [1.54, 1.807) is 0 Å². The average molecular weight is 749 g/mol. The Morgan fingerprint density at radius 2 is 0.983 bits per heavy atom. The molecule has 2 aliphatic heterocycles. The van der Waals surface area contributed by atoms with Gasteiger partial charge in [0.25, 0.3) is 0 Å². The third-order valence-electron chi connectivity index (χ3n) is 14.0. The molecule has 0 unspecified atom stereocenters. The third-order valence-corrected chi connectivity index (χ3v) is 14.0. The van der Waals surface area contributed by atoms with Crippen LogP contribution in [0.4, 0.5) is 34.1 Å². The molecule has 0 saturated heterocycles. The zero-order valence-electron chi connectivity index (χ0n) is 33.8. The van der Waals surface area contributed by atoms with Gasteiger partial charge in [-0.25, -0.2) is 0 Å². The molecule has 3 heteroatoms. The first-order chi connectivity index (χ1) is 28.0. The molecule has 0 N–H and O–H groups in total. The van der Waals surface area contributed by atoms with Gasteiger partial charge in [-0.15, -0.1) is 0 Å². The number of para-hydroxylation sites is 1. The summed E-state index contributed by atoms with van der Waals surface area (Å²) in [5, 5.41) is 2.37. The van der Waals surface area contributed by atoms with Crippen LogP contribution in [0.25, 0.3) is 33.0 Å². The van der Waals surface area contributed by atoms with E-state index in [2.05, 4.69) is 209 Å². The number of benzene rings is 8. The summed E-state index contributed by atoms with van der Waals surface area (Å²) in [5.74, 6) is 1.76. The molecule has 280 valence electrons. The first kappa shape index (κ1) is 33.5. The lowest BCUT2D eigenvalue weighted by atomic mass is 9.72. The van der Waals surface area contributed by atoms with Crippen molar-refractivity contribution in [3.05, 3.63) is 191 Å². The molecule has 0 saturated carbocycles. The predicted octanol–water partition coefficient (Wildman–Crippen LogP) is 15.1. The molecule has 0 amide bonds. The van der Waals surface area contributed by atoms with Crippen LogP contribution >= 0.6 is 0 Å². The second kappa shape index (κ2) is 11.3. The Labute approximate surface area is 340 Å². The van der Waals surface area contributed by atoms with Crippen molar-refractivity contribution >= 4 is 44.9 Å². The van der Waals surface area contributed by atoms with Gasteiger partial charge in [-0.3, -0.25) is 0 Å². The van der Waals surface area contributed by atoms with Gasteiger partial charge in [-0.1, -0.05) is 151 Å². The fourth-order valence-electron chi connectivity index (χ4n) is 11.1. The molecule has 12 rings (SSSR count). The Morgan fingerprint density at radius 3 is 1.66 bits per heavy atom. The number of hydrogen-bond donors (Lipinski definition) is 0. The van der Waals surface area contributed by atoms with Crippen LogP contribution in [-0.4, -0.2) is 0 Å². The molecule has 0 fully saturated rings. The summed E-state index contributed by atoms with van der Waals surface area (Å²) in [7, 11) is 0. The van der Waals surface area contributed by atoms with Crippen molar-refractivity contribution in [2.75, 3.05) is 9.80 Å². The summed E-state index contributed by atoms with van der Waals surface area (Å²) in [6.45, 7) is 14.3. The number of anilines is 6. The Morgan fingerprint density at radius 1 is 0.431 bits per heavy atom. The second-order valence-corrected chi connectivity index (χ2v) is 18.2. The quantitative estimate of drug-likeness (QED) is 0.179. The highest BCUT2D eigenvalue weighted by Gasteiger charge is 2.45. The summed E-state index contributed by atoms with van der Waals surface area (Å²) in [6, 6.07) is 58.8. The molecular weight excluding hydrogens is 705 g/mol. The molecule has 4 aliphatic rings. The fourth-order valence-corrected chi connectivity index (χ4v) is 11.1. The molecule has 3 nitrogen and oxygen atoms in total. The fraction of sp³-hybridized carbons (Fsp3) is 0.164. The zero-order valence-corrected chi connectivity index (χ0v) is 33.8. The Hall–Kier alpha value is -6.58. The van der Waals surface area contributed by atoms with E-state index in [-0.39, 0.29) is 16.2 Å². The summed E-state index contributed by atoms with van der Waals surface area (Å²) in [5.41, 5.74) is 19.6. The maximum atomic E-state index is 6.78. The van der Waals surface area contributed by atoms with Crippen molar-refractivity contribution in [2.24, 2.45) is 0 Å². The van der Waals surface area contributed by atoms with Gasteiger partial charge in [0.1, 0.15) is 0 Å². The minimum absolute atomic E-state index is 0.140. The van der Waals surface area contributed by atoms with E-state index in [4.69, 9.17) is 4.74 Å². The largest absolute Gasteiger partial charge is 0.453 e. The minimum atomic E-state index is -0.379. The maximum absolute atomic E-state index is 6.78. The molecule has 0 aromatic heterocycles. The van der Waals surface area contributed by atoms with E-state index >= 15 is 0 Å². The average Bonchev–Trinajstić information content (AvgIpc) is 3.61. The standard InChI is InChI=1S/C55H44N2O/c1-53(2)41-19-11-9-17-37(41)39-28-26-34(31-44(39)53)56(35-27-29-40-38-18-10-12-20-42(38)54(3,4)45(40)32-35)46-22-14-23-47-50(46)55(5,6)43-21-13-24-48-52(43)57(47)51-36-16-8-7-15-33(36)25-30-49(51)58-48/h7-32H,1-6H3. The highest BCUT2D eigenvalue weighted by molar-refractivity contribution is 6.07. The molecule has 0 bridgehead atoms. The van der Waals surface area contributed by atoms with Gasteiger partial charge < -0.3 is 14.5 Å². The van der Waals surface area contributed by atoms with Gasteiger partial charge in [0.05, 0.1) is 22.7 Å². The smallest absolute Gasteiger partial charge is 0.152 e. The molecule has 8 aromatic carbocycles. The molecule has 2 heterocycles. The summed E-state index contributed by atoms with van der Waals surface area (Å²) in [6.07, 6.45) is 0. The van der Waals surface area contributed by atoms with Crippen LogP contribution in [-0.2, 0) is 16.2 Å². The highest BCUT2D eigenvalue weighted by atomic mass is 16.5. The maximum Gasteiger partial charge on any atom is 0.152 e. The molecule has 58 heavy (non-hydrogen) atoms. The van der Waals surface area contributed by atoms with Crippen molar-refractivity contribution in [2.45, 2.75) is 57.8 Å². The first-order valence-corrected chi connectivity index (χ1v) is 20.6. The van der Waals surface area contributed by atoms with Gasteiger partial charge in [-0.05, 0) is 104 Å². The number of fused-ring (bicyclic) bond motifs is 12. The van der Waals surface area contributed by atoms with Crippen LogP contribution in [0.15, 0.2) is 158 Å². The monoisotopic (exact) mass is 748 g/mol. The molecule has 0 radical (unpaired) electrons. The van der Waals surface area contributed by atoms with Crippen LogP contribution < -0.4 is 14.5 Å². The zero-order chi connectivity index (χ0) is 39.3. The Balaban J connectivity index is 1.14. The van der Waals surface area contributed by atoms with Gasteiger partial charge in [0.2, 0.25) is 0 Å². The lowest BCUT2D eigenvalue weighted by molar-refractivity contribution is 0.472. The predicted molar refractivity (Wildman–Crippen MR) is 241 cm³/mol. The van der Waals surface area contributed by atoms with E-state index in [0.29, 0.717) is 0 Å². The van der Waals surface area contributed by atoms with Crippen LogP contribution in [0.5, 0.6) is 11.5 Å². The minimum Gasteiger partial charge on any atom is -0.453 e. The van der Waals surface area contributed by atoms with Crippen LogP contribution in [0.3, 0.4) is 0 Å². The van der Waals surface area contributed by atoms with Gasteiger partial charge >= 0.3 is 0 Å². The molecule has 2 aliphatic carbocycles. The van der Waals surface area contributed by atoms with Crippen molar-refractivity contribution < 1.29 is 4.74 Å². The van der Waals surface area contributed by atoms with Crippen LogP contribution in [0.2, 0.25) is 0 Å². The number of rotatable bonds is 3. The molecule has 8 aromatic rings. The van der Waals surface area contributed by atoms with E-state index in [9.17, 15) is 0 Å². The van der Waals surface area contributed by atoms with E-state index in [1.165, 1.54) is 77.8 Å². The van der Waals surface area contributed by atoms with Crippen molar-refractivity contribution in [1.82, 2.24) is 0 Å². The van der Waals surface area contributed by atoms with Crippen molar-refractivity contribution in [1.29, 1.82) is 0 Å². The molecular formula is C55H44N2O. The summed E-state index contributed by atoms with van der Waals surface area (Å²) < 4.78 is 6.78. The van der Waals surface area contributed by atoms with Crippen LogP contribution in [0.1, 0.15) is 74.9 Å². The van der Waals surface area contributed by atoms with Gasteiger partial charge in [0, 0.05) is 38.6 Å². The van der Waals surface area contributed by atoms with Crippen molar-refractivity contribution in [3.8, 4) is 33.8 Å². The SMILES string of the molecule is CC1(C)c2ccccc2-c2ccc(N(c3ccc4c(c3)C(C)(C)c3ccccc3-4)c3cccc4c3C(C)(C)c3cccc5c3N4c3c(ccc4ccccc34)O5)cc21. The summed E-state index contributed by atoms with van der Waals surface area (Å²) in [4.78, 5) is 5.05. The first-order valence-electron chi connectivity index (χ1n) is 20.6. The van der Waals surface area contributed by atoms with E-state index in [1.807, 2.05) is 0 Å². The lowest BCUT2D eigenvalue weighted by Gasteiger charge is -2.47. The van der Waals surface area contributed by atoms with Gasteiger partial charge in [0.15, 0.2) is 11.5 Å². The number of nitrogens with zero attached hydrogens (tertiary/aromatic N) is 2. The second-order valence-electron chi connectivity index (χ2n) is 18.2. The van der Waals surface area contributed by atoms with E-state index in [0.717, 1.165) is 34.2 Å². The normalized spacial score (nSPS) is 16.3. The van der Waals surface area contributed by atoms with E-state index < -0.39 is 0 Å². The van der Waals surface area contributed by atoms with Gasteiger partial charge in [-0.2, -0.15) is 0 Å². The summed E-state index contributed by atoms with van der Waals surface area (Å²) >= 11 is 0. The Kier molecular flexibility index (Phi) is 6.53. The Bertz CT molecular complexity index is 2990. The molecule has 0 spiro atoms. The number of hydrogen-bond acceptors (Lipinski definition) is 3. The lowest BCUT2D eigenvalue weighted by Crippen LogP contribution is -2.34.